The van der Waals surface area contributed by atoms with Crippen LogP contribution in [-0.4, -0.2) is 17.8 Å². The molecule has 1 aromatic heterocycles. The molecule has 0 aromatic carbocycles. The minimum absolute atomic E-state index is 1.00. The summed E-state index contributed by atoms with van der Waals surface area (Å²) in [5, 5.41) is 0. The molecule has 0 amide bonds. The fourth-order valence-electron chi connectivity index (χ4n) is 0.767. The molecule has 9 heavy (non-hydrogen) atoms. The van der Waals surface area contributed by atoms with Crippen LogP contribution in [0.5, 0.6) is 0 Å². The van der Waals surface area contributed by atoms with Crippen LogP contribution >= 0.6 is 0 Å². The highest BCUT2D eigenvalue weighted by Gasteiger charge is 1.93. The third-order valence-corrected chi connectivity index (χ3v) is 1.38. The lowest BCUT2D eigenvalue weighted by Gasteiger charge is -1.83. The van der Waals surface area contributed by atoms with E-state index >= 15 is 0 Å². The highest BCUT2D eigenvalue weighted by Crippen LogP contribution is 1.95. The molecule has 0 aliphatic rings. The first kappa shape index (κ1) is 6.40. The van der Waals surface area contributed by atoms with Crippen molar-refractivity contribution in [2.24, 2.45) is 0 Å². The quantitative estimate of drug-likeness (QED) is 0.554. The first-order chi connectivity index (χ1) is 4.36. The maximum absolute atomic E-state index is 4.29. The Labute approximate surface area is 56.1 Å². The monoisotopic (exact) mass is 122 g/mol. The average molecular weight is 122 g/mol. The van der Waals surface area contributed by atoms with Crippen molar-refractivity contribution in [2.75, 3.05) is 0 Å². The van der Waals surface area contributed by atoms with E-state index in [9.17, 15) is 0 Å². The molecule has 0 unspecified atom stereocenters. The number of nitrogens with one attached hydrogen (secondary N) is 1. The van der Waals surface area contributed by atoms with Gasteiger partial charge in [0.05, 0.1) is 5.69 Å². The van der Waals surface area contributed by atoms with Crippen molar-refractivity contribution in [3.05, 3.63) is 17.7 Å². The van der Waals surface area contributed by atoms with Gasteiger partial charge < -0.3 is 4.98 Å². The van der Waals surface area contributed by atoms with Crippen molar-refractivity contribution in [1.82, 2.24) is 9.97 Å². The van der Waals surface area contributed by atoms with Gasteiger partial charge in [-0.25, -0.2) is 4.98 Å². The molecule has 1 heterocycles. The Balaban J connectivity index is 2.74. The summed E-state index contributed by atoms with van der Waals surface area (Å²) < 4.78 is 0. The van der Waals surface area contributed by atoms with Crippen molar-refractivity contribution >= 4 is 7.85 Å². The molecule has 0 radical (unpaired) electrons. The molecule has 1 aromatic rings. The van der Waals surface area contributed by atoms with Gasteiger partial charge in [-0.15, -0.1) is 0 Å². The molecule has 0 fully saturated rings. The molecule has 0 saturated carbocycles. The zero-order chi connectivity index (χ0) is 6.69. The topological polar surface area (TPSA) is 28.7 Å². The highest BCUT2D eigenvalue weighted by molar-refractivity contribution is 6.08. The molecule has 0 atom stereocenters. The fraction of sp³-hybridized carbons (Fsp3) is 0.500. The number of aromatic amines is 1. The van der Waals surface area contributed by atoms with Gasteiger partial charge in [0.25, 0.3) is 0 Å². The summed E-state index contributed by atoms with van der Waals surface area (Å²) in [5.74, 6) is 1.09. The van der Waals surface area contributed by atoms with Gasteiger partial charge in [-0.05, 0) is 6.32 Å². The number of rotatable bonds is 2. The van der Waals surface area contributed by atoms with Crippen LogP contribution in [0.25, 0.3) is 0 Å². The minimum atomic E-state index is 1.00. The minimum Gasteiger partial charge on any atom is -0.348 e. The molecular weight excluding hydrogens is 111 g/mol. The SMILES string of the molecule is BCc1c[nH]c(CC)n1. The first-order valence-electron chi connectivity index (χ1n) is 3.40. The molecule has 48 valence electrons. The average Bonchev–Trinajstić information content (AvgIpc) is 2.34. The third-order valence-electron chi connectivity index (χ3n) is 1.38. The molecule has 0 saturated heterocycles. The molecule has 0 spiro atoms. The van der Waals surface area contributed by atoms with Crippen LogP contribution in [0.15, 0.2) is 6.20 Å². The van der Waals surface area contributed by atoms with Crippen LogP contribution in [0.1, 0.15) is 18.4 Å². The lowest BCUT2D eigenvalue weighted by Crippen LogP contribution is -1.84. The second-order valence-electron chi connectivity index (χ2n) is 2.05. The number of H-pyrrole nitrogens is 1. The van der Waals surface area contributed by atoms with Crippen LogP contribution in [0.3, 0.4) is 0 Å². The van der Waals surface area contributed by atoms with Crippen molar-refractivity contribution in [1.29, 1.82) is 0 Å². The van der Waals surface area contributed by atoms with Crippen molar-refractivity contribution in [3.8, 4) is 0 Å². The van der Waals surface area contributed by atoms with E-state index in [4.69, 9.17) is 0 Å². The van der Waals surface area contributed by atoms with Gasteiger partial charge in [0.1, 0.15) is 13.7 Å². The van der Waals surface area contributed by atoms with Crippen LogP contribution in [0, 0.1) is 0 Å². The summed E-state index contributed by atoms with van der Waals surface area (Å²) in [4.78, 5) is 7.39. The smallest absolute Gasteiger partial charge is 0.109 e. The summed E-state index contributed by atoms with van der Waals surface area (Å²) in [6.07, 6.45) is 4.00. The second-order valence-corrected chi connectivity index (χ2v) is 2.05. The number of aryl methyl sites for hydroxylation is 1. The first-order valence-corrected chi connectivity index (χ1v) is 3.40. The zero-order valence-electron chi connectivity index (χ0n) is 5.94. The van der Waals surface area contributed by atoms with Crippen molar-refractivity contribution in [2.45, 2.75) is 19.7 Å². The van der Waals surface area contributed by atoms with Gasteiger partial charge in [-0.1, -0.05) is 6.92 Å². The normalized spacial score (nSPS) is 9.89. The summed E-state index contributed by atoms with van der Waals surface area (Å²) in [7, 11) is 2.11. The predicted molar refractivity (Wildman–Crippen MR) is 40.2 cm³/mol. The van der Waals surface area contributed by atoms with Crippen LogP contribution < -0.4 is 0 Å². The molecule has 0 aliphatic carbocycles. The maximum atomic E-state index is 4.29. The lowest BCUT2D eigenvalue weighted by molar-refractivity contribution is 0.979. The summed E-state index contributed by atoms with van der Waals surface area (Å²) >= 11 is 0. The third kappa shape index (κ3) is 1.34. The Morgan fingerprint density at radius 2 is 2.56 bits per heavy atom. The largest absolute Gasteiger partial charge is 0.348 e. The lowest BCUT2D eigenvalue weighted by atomic mass is 10.0. The van der Waals surface area contributed by atoms with Gasteiger partial charge in [0, 0.05) is 12.6 Å². The number of imidazole rings is 1. The number of hydrogen-bond acceptors (Lipinski definition) is 1. The number of nitrogens with zero attached hydrogens (tertiary/aromatic N) is 1. The Morgan fingerprint density at radius 1 is 1.78 bits per heavy atom. The molecule has 0 aliphatic heterocycles. The predicted octanol–water partition coefficient (Wildman–Crippen LogP) is 0.105. The van der Waals surface area contributed by atoms with Gasteiger partial charge in [-0.3, -0.25) is 0 Å². The molecule has 1 rings (SSSR count). The van der Waals surface area contributed by atoms with E-state index in [1.807, 2.05) is 6.20 Å². The zero-order valence-corrected chi connectivity index (χ0v) is 5.94. The van der Waals surface area contributed by atoms with Gasteiger partial charge in [0.2, 0.25) is 0 Å². The highest BCUT2D eigenvalue weighted by atomic mass is 14.9. The van der Waals surface area contributed by atoms with E-state index in [0.717, 1.165) is 24.3 Å². The van der Waals surface area contributed by atoms with Crippen molar-refractivity contribution < 1.29 is 0 Å². The Morgan fingerprint density at radius 3 is 2.89 bits per heavy atom. The van der Waals surface area contributed by atoms with E-state index in [2.05, 4.69) is 24.7 Å². The van der Waals surface area contributed by atoms with E-state index in [1.54, 1.807) is 0 Å². The molecule has 2 nitrogen and oxygen atoms in total. The summed E-state index contributed by atoms with van der Waals surface area (Å²) in [5.41, 5.74) is 1.16. The molecule has 1 N–H and O–H groups in total. The Kier molecular flexibility index (Phi) is 1.93. The van der Waals surface area contributed by atoms with Gasteiger partial charge in [0.15, 0.2) is 0 Å². The number of aromatic nitrogens is 2. The molecule has 3 heteroatoms. The van der Waals surface area contributed by atoms with Gasteiger partial charge in [-0.2, -0.15) is 0 Å². The van der Waals surface area contributed by atoms with E-state index < -0.39 is 0 Å². The van der Waals surface area contributed by atoms with E-state index in [-0.39, 0.29) is 0 Å². The van der Waals surface area contributed by atoms with E-state index in [0.29, 0.717) is 0 Å². The molecular formula is C6H11BN2. The number of hydrogen-bond donors (Lipinski definition) is 1. The van der Waals surface area contributed by atoms with Crippen molar-refractivity contribution in [3.63, 3.8) is 0 Å². The van der Waals surface area contributed by atoms with Crippen LogP contribution in [0.4, 0.5) is 0 Å². The summed E-state index contributed by atoms with van der Waals surface area (Å²) in [6, 6.07) is 0. The van der Waals surface area contributed by atoms with E-state index in [1.165, 1.54) is 0 Å². The van der Waals surface area contributed by atoms with Crippen LogP contribution in [-0.2, 0) is 12.7 Å². The standard InChI is InChI=1S/C6H11BN2/c1-2-6-8-4-5(3-7)9-6/h4H,2-3,7H2,1H3,(H,8,9). The summed E-state index contributed by atoms with van der Waals surface area (Å²) in [6.45, 7) is 2.10. The molecule has 0 bridgehead atoms. The Hall–Kier alpha value is -0.725. The van der Waals surface area contributed by atoms with Gasteiger partial charge >= 0.3 is 0 Å². The second kappa shape index (κ2) is 2.71. The maximum Gasteiger partial charge on any atom is 0.109 e. The van der Waals surface area contributed by atoms with Crippen LogP contribution in [0.2, 0.25) is 0 Å². The fourth-order valence-corrected chi connectivity index (χ4v) is 0.767. The Bertz CT molecular complexity index is 164.